The fourth-order valence-electron chi connectivity index (χ4n) is 1.36. The summed E-state index contributed by atoms with van der Waals surface area (Å²) in [5, 5.41) is 0. The number of unbranched alkanes of at least 4 members (excludes halogenated alkanes) is 1. The van der Waals surface area contributed by atoms with E-state index in [0.717, 1.165) is 12.8 Å². The van der Waals surface area contributed by atoms with Crippen LogP contribution >= 0.6 is 0 Å². The largest absolute Gasteiger partial charge is 0.462 e. The fourth-order valence-corrected chi connectivity index (χ4v) is 1.36. The predicted octanol–water partition coefficient (Wildman–Crippen LogP) is 2.85. The molecule has 3 heteroatoms. The molecule has 0 atom stereocenters. The highest BCUT2D eigenvalue weighted by Gasteiger charge is 2.14. The lowest BCUT2D eigenvalue weighted by atomic mass is 10.0. The van der Waals surface area contributed by atoms with Gasteiger partial charge in [-0.3, -0.25) is 4.79 Å². The zero-order chi connectivity index (χ0) is 12.0. The number of Topliss-reactive ketones (excluding diaryl/α,β-unsaturated/α-hetero) is 1. The summed E-state index contributed by atoms with van der Waals surface area (Å²) in [5.41, 5.74) is 0.773. The Kier molecular flexibility index (Phi) is 4.70. The third kappa shape index (κ3) is 3.19. The zero-order valence-corrected chi connectivity index (χ0v) is 9.66. The van der Waals surface area contributed by atoms with Crippen LogP contribution in [0.2, 0.25) is 0 Å². The van der Waals surface area contributed by atoms with Gasteiger partial charge < -0.3 is 4.74 Å². The molecule has 0 amide bonds. The predicted molar refractivity (Wildman–Crippen MR) is 61.6 cm³/mol. The smallest absolute Gasteiger partial charge is 0.338 e. The molecule has 16 heavy (non-hydrogen) atoms. The number of carbonyl (C=O) groups is 2. The average Bonchev–Trinajstić information content (AvgIpc) is 2.29. The number of rotatable bonds is 5. The summed E-state index contributed by atoms with van der Waals surface area (Å²) in [4.78, 5) is 23.0. The Balaban J connectivity index is 2.78. The number of ether oxygens (including phenoxy) is 1. The molecule has 0 aliphatic heterocycles. The second-order valence-electron chi connectivity index (χ2n) is 3.59. The maximum Gasteiger partial charge on any atom is 0.338 e. The van der Waals surface area contributed by atoms with E-state index in [-0.39, 0.29) is 5.78 Å². The van der Waals surface area contributed by atoms with Crippen molar-refractivity contribution in [1.29, 1.82) is 0 Å². The van der Waals surface area contributed by atoms with Gasteiger partial charge in [-0.15, -0.1) is 0 Å². The third-order valence-electron chi connectivity index (χ3n) is 2.26. The SMILES string of the molecule is CCCCOC(=O)c1ccccc1C(C)=O. The molecule has 0 aliphatic rings. The highest BCUT2D eigenvalue weighted by Crippen LogP contribution is 2.11. The van der Waals surface area contributed by atoms with Crippen LogP contribution in [0.3, 0.4) is 0 Å². The van der Waals surface area contributed by atoms with Crippen molar-refractivity contribution in [3.8, 4) is 0 Å². The third-order valence-corrected chi connectivity index (χ3v) is 2.26. The maximum absolute atomic E-state index is 11.7. The molecule has 3 nitrogen and oxygen atoms in total. The number of carbonyl (C=O) groups excluding carboxylic acids is 2. The summed E-state index contributed by atoms with van der Waals surface area (Å²) < 4.78 is 5.07. The van der Waals surface area contributed by atoms with Crippen LogP contribution in [0.5, 0.6) is 0 Å². The highest BCUT2D eigenvalue weighted by atomic mass is 16.5. The second kappa shape index (κ2) is 6.05. The molecule has 1 aromatic rings. The van der Waals surface area contributed by atoms with E-state index >= 15 is 0 Å². The first-order valence-electron chi connectivity index (χ1n) is 5.44. The minimum absolute atomic E-state index is 0.122. The first-order valence-corrected chi connectivity index (χ1v) is 5.44. The van der Waals surface area contributed by atoms with Crippen molar-refractivity contribution in [2.24, 2.45) is 0 Å². The van der Waals surface area contributed by atoms with E-state index in [1.54, 1.807) is 24.3 Å². The molecule has 1 rings (SSSR count). The van der Waals surface area contributed by atoms with Crippen molar-refractivity contribution in [2.45, 2.75) is 26.7 Å². The molecular formula is C13H16O3. The van der Waals surface area contributed by atoms with Crippen molar-refractivity contribution < 1.29 is 14.3 Å². The number of hydrogen-bond acceptors (Lipinski definition) is 3. The Hall–Kier alpha value is -1.64. The van der Waals surface area contributed by atoms with E-state index in [1.807, 2.05) is 6.92 Å². The van der Waals surface area contributed by atoms with E-state index in [1.165, 1.54) is 6.92 Å². The Bertz CT molecular complexity index is 383. The maximum atomic E-state index is 11.7. The number of ketones is 1. The van der Waals surface area contributed by atoms with Gasteiger partial charge in [0.25, 0.3) is 0 Å². The van der Waals surface area contributed by atoms with Gasteiger partial charge in [0, 0.05) is 5.56 Å². The fraction of sp³-hybridized carbons (Fsp3) is 0.385. The summed E-state index contributed by atoms with van der Waals surface area (Å²) in [6, 6.07) is 6.71. The molecule has 1 aromatic carbocycles. The lowest BCUT2D eigenvalue weighted by Gasteiger charge is -2.06. The van der Waals surface area contributed by atoms with Gasteiger partial charge in [-0.1, -0.05) is 31.5 Å². The minimum Gasteiger partial charge on any atom is -0.462 e. The van der Waals surface area contributed by atoms with Gasteiger partial charge in [0.1, 0.15) is 0 Å². The van der Waals surface area contributed by atoms with Crippen LogP contribution < -0.4 is 0 Å². The molecule has 0 saturated heterocycles. The molecule has 86 valence electrons. The number of hydrogen-bond donors (Lipinski definition) is 0. The molecular weight excluding hydrogens is 204 g/mol. The van der Waals surface area contributed by atoms with Gasteiger partial charge in [0.2, 0.25) is 0 Å². The van der Waals surface area contributed by atoms with E-state index in [2.05, 4.69) is 0 Å². The zero-order valence-electron chi connectivity index (χ0n) is 9.66. The average molecular weight is 220 g/mol. The molecule has 0 saturated carbocycles. The van der Waals surface area contributed by atoms with Gasteiger partial charge in [0.05, 0.1) is 12.2 Å². The van der Waals surface area contributed by atoms with Gasteiger partial charge in [0.15, 0.2) is 5.78 Å². The standard InChI is InChI=1S/C13H16O3/c1-3-4-9-16-13(15)12-8-6-5-7-11(12)10(2)14/h5-8H,3-4,9H2,1-2H3. The van der Waals surface area contributed by atoms with E-state index in [4.69, 9.17) is 4.74 Å². The number of esters is 1. The van der Waals surface area contributed by atoms with Crippen LogP contribution in [0.25, 0.3) is 0 Å². The molecule has 0 aliphatic carbocycles. The van der Waals surface area contributed by atoms with Crippen LogP contribution in [0.4, 0.5) is 0 Å². The molecule has 0 radical (unpaired) electrons. The number of benzene rings is 1. The molecule has 0 spiro atoms. The van der Waals surface area contributed by atoms with Gasteiger partial charge in [-0.05, 0) is 19.4 Å². The molecule has 0 unspecified atom stereocenters. The quantitative estimate of drug-likeness (QED) is 0.435. The summed E-state index contributed by atoms with van der Waals surface area (Å²) in [6.07, 6.45) is 1.82. The topological polar surface area (TPSA) is 43.4 Å². The second-order valence-corrected chi connectivity index (χ2v) is 3.59. The molecule has 0 N–H and O–H groups in total. The van der Waals surface area contributed by atoms with Crippen molar-refractivity contribution >= 4 is 11.8 Å². The lowest BCUT2D eigenvalue weighted by molar-refractivity contribution is 0.0497. The monoisotopic (exact) mass is 220 g/mol. The van der Waals surface area contributed by atoms with Crippen LogP contribution in [-0.4, -0.2) is 18.4 Å². The van der Waals surface area contributed by atoms with Crippen molar-refractivity contribution in [3.05, 3.63) is 35.4 Å². The summed E-state index contributed by atoms with van der Waals surface area (Å²) in [7, 11) is 0. The van der Waals surface area contributed by atoms with E-state index < -0.39 is 5.97 Å². The molecule has 0 aromatic heterocycles. The Labute approximate surface area is 95.4 Å². The minimum atomic E-state index is -0.417. The molecule has 0 fully saturated rings. The first-order chi connectivity index (χ1) is 7.66. The van der Waals surface area contributed by atoms with E-state index in [9.17, 15) is 9.59 Å². The van der Waals surface area contributed by atoms with Crippen molar-refractivity contribution in [1.82, 2.24) is 0 Å². The van der Waals surface area contributed by atoms with E-state index in [0.29, 0.717) is 17.7 Å². The Morgan fingerprint density at radius 1 is 1.19 bits per heavy atom. The Morgan fingerprint density at radius 2 is 1.81 bits per heavy atom. The molecule has 0 heterocycles. The van der Waals surface area contributed by atoms with Crippen LogP contribution in [0.1, 0.15) is 47.4 Å². The normalized spacial score (nSPS) is 9.88. The first kappa shape index (κ1) is 12.4. The lowest BCUT2D eigenvalue weighted by Crippen LogP contribution is -2.11. The summed E-state index contributed by atoms with van der Waals surface area (Å²) in [5.74, 6) is -0.540. The highest BCUT2D eigenvalue weighted by molar-refractivity contribution is 6.05. The van der Waals surface area contributed by atoms with Crippen LogP contribution in [-0.2, 0) is 4.74 Å². The van der Waals surface area contributed by atoms with Gasteiger partial charge in [-0.2, -0.15) is 0 Å². The van der Waals surface area contributed by atoms with Gasteiger partial charge in [-0.25, -0.2) is 4.79 Å². The summed E-state index contributed by atoms with van der Waals surface area (Å²) in [6.45, 7) is 3.87. The van der Waals surface area contributed by atoms with Crippen molar-refractivity contribution in [3.63, 3.8) is 0 Å². The molecule has 0 bridgehead atoms. The van der Waals surface area contributed by atoms with Crippen molar-refractivity contribution in [2.75, 3.05) is 6.61 Å². The Morgan fingerprint density at radius 3 is 2.38 bits per heavy atom. The van der Waals surface area contributed by atoms with Crippen LogP contribution in [0, 0.1) is 0 Å². The van der Waals surface area contributed by atoms with Crippen LogP contribution in [0.15, 0.2) is 24.3 Å². The summed E-state index contributed by atoms with van der Waals surface area (Å²) >= 11 is 0. The van der Waals surface area contributed by atoms with Gasteiger partial charge >= 0.3 is 5.97 Å².